The van der Waals surface area contributed by atoms with Crippen molar-refractivity contribution in [1.29, 1.82) is 0 Å². The van der Waals surface area contributed by atoms with Gasteiger partial charge in [0.25, 0.3) is 5.91 Å². The van der Waals surface area contributed by atoms with Crippen LogP contribution in [0.4, 0.5) is 10.5 Å². The van der Waals surface area contributed by atoms with Gasteiger partial charge >= 0.3 is 6.03 Å². The minimum absolute atomic E-state index is 0.211. The van der Waals surface area contributed by atoms with E-state index in [1.807, 2.05) is 26.0 Å². The van der Waals surface area contributed by atoms with Gasteiger partial charge in [-0.05, 0) is 32.0 Å². The van der Waals surface area contributed by atoms with Gasteiger partial charge in [-0.25, -0.2) is 19.8 Å². The number of guanidine groups is 1. The Morgan fingerprint density at radius 2 is 1.58 bits per heavy atom. The van der Waals surface area contributed by atoms with Crippen LogP contribution in [-0.2, 0) is 4.79 Å². The lowest BCUT2D eigenvalue weighted by Gasteiger charge is -2.42. The summed E-state index contributed by atoms with van der Waals surface area (Å²) in [6, 6.07) is 11.5. The molecular weight excluding hydrogens is 476 g/mol. The van der Waals surface area contributed by atoms with Gasteiger partial charge in [0.15, 0.2) is 23.3 Å². The van der Waals surface area contributed by atoms with E-state index in [2.05, 4.69) is 48.9 Å². The smallest absolute Gasteiger partial charge is 0.328 e. The lowest BCUT2D eigenvalue weighted by Crippen LogP contribution is -2.65. The number of carbonyl (C=O) groups excluding carboxylic acids is 2. The van der Waals surface area contributed by atoms with Crippen molar-refractivity contribution < 1.29 is 9.59 Å². The molecule has 4 heterocycles. The molecule has 2 unspecified atom stereocenters. The van der Waals surface area contributed by atoms with Gasteiger partial charge in [-0.3, -0.25) is 9.69 Å². The van der Waals surface area contributed by atoms with Crippen LogP contribution in [0.2, 0.25) is 0 Å². The van der Waals surface area contributed by atoms with Crippen LogP contribution in [0.1, 0.15) is 11.4 Å². The highest BCUT2D eigenvalue weighted by atomic mass is 32.2. The highest BCUT2D eigenvalue weighted by molar-refractivity contribution is 7.99. The molecule has 0 aliphatic carbocycles. The maximum absolute atomic E-state index is 13.3. The van der Waals surface area contributed by atoms with Crippen molar-refractivity contribution in [3.8, 4) is 0 Å². The molecule has 36 heavy (non-hydrogen) atoms. The summed E-state index contributed by atoms with van der Waals surface area (Å²) in [6.45, 7) is 7.83. The number of rotatable bonds is 5. The zero-order valence-electron chi connectivity index (χ0n) is 21.2. The van der Waals surface area contributed by atoms with Crippen molar-refractivity contribution in [3.05, 3.63) is 47.8 Å². The molecule has 1 aromatic heterocycles. The summed E-state index contributed by atoms with van der Waals surface area (Å²) in [6.07, 6.45) is -0.522. The Labute approximate surface area is 216 Å². The number of likely N-dealkylation sites (N-methyl/N-ethyl adjacent to an activating group) is 2. The van der Waals surface area contributed by atoms with Crippen LogP contribution in [0, 0.1) is 13.8 Å². The Morgan fingerprint density at radius 3 is 2.25 bits per heavy atom. The Morgan fingerprint density at radius 1 is 0.944 bits per heavy atom. The number of aliphatic imine (C=N–C) groups is 1. The molecule has 2 fully saturated rings. The maximum Gasteiger partial charge on any atom is 0.328 e. The number of imide groups is 1. The third-order valence-electron chi connectivity index (χ3n) is 6.90. The predicted molar refractivity (Wildman–Crippen MR) is 140 cm³/mol. The molecule has 0 N–H and O–H groups in total. The monoisotopic (exact) mass is 508 g/mol. The summed E-state index contributed by atoms with van der Waals surface area (Å²) in [5.41, 5.74) is 3.09. The lowest BCUT2D eigenvalue weighted by atomic mass is 10.1. The molecule has 1 aromatic carbocycles. The quantitative estimate of drug-likeness (QED) is 0.447. The molecule has 3 aliphatic heterocycles. The van der Waals surface area contributed by atoms with E-state index in [9.17, 15) is 9.59 Å². The van der Waals surface area contributed by atoms with Crippen LogP contribution in [0.15, 0.2) is 46.5 Å². The first-order valence-corrected chi connectivity index (χ1v) is 13.2. The van der Waals surface area contributed by atoms with E-state index in [0.29, 0.717) is 12.3 Å². The minimum Gasteiger partial charge on any atom is -0.368 e. The third kappa shape index (κ3) is 4.59. The summed E-state index contributed by atoms with van der Waals surface area (Å²) in [5.74, 6) is 1.28. The van der Waals surface area contributed by atoms with Gasteiger partial charge in [-0.2, -0.15) is 0 Å². The maximum atomic E-state index is 13.3. The van der Waals surface area contributed by atoms with Gasteiger partial charge in [-0.15, -0.1) is 0 Å². The van der Waals surface area contributed by atoms with E-state index in [4.69, 9.17) is 4.99 Å². The van der Waals surface area contributed by atoms with Gasteiger partial charge in [0.1, 0.15) is 0 Å². The molecule has 11 heteroatoms. The number of piperazine rings is 1. The number of urea groups is 1. The van der Waals surface area contributed by atoms with Crippen molar-refractivity contribution in [2.24, 2.45) is 4.99 Å². The molecule has 3 aliphatic rings. The highest BCUT2D eigenvalue weighted by Gasteiger charge is 2.52. The number of fused-ring (bicyclic) bond motifs is 1. The summed E-state index contributed by atoms with van der Waals surface area (Å²) in [5, 5.41) is 0.734. The fraction of sp³-hybridized carbons (Fsp3) is 0.480. The van der Waals surface area contributed by atoms with Crippen LogP contribution in [0.5, 0.6) is 0 Å². The first-order valence-electron chi connectivity index (χ1n) is 12.2. The average molecular weight is 509 g/mol. The summed E-state index contributed by atoms with van der Waals surface area (Å²) < 4.78 is 0. The standard InChI is InChI=1S/C25H32N8O2S/c1-17-16-18(2)27-23(26-17)36-15-14-33-20-21(29(3)25(35)30(4)22(20)34)28-24(33)32-12-10-31(11-13-32)19-8-6-5-7-9-19/h5-9,16,20-21H,10-15H2,1-4H3. The fourth-order valence-corrected chi connectivity index (χ4v) is 5.94. The number of thioether (sulfide) groups is 1. The van der Waals surface area contributed by atoms with E-state index in [0.717, 1.165) is 48.7 Å². The molecule has 2 atom stereocenters. The molecule has 0 spiro atoms. The molecule has 2 saturated heterocycles. The Kier molecular flexibility index (Phi) is 6.74. The second kappa shape index (κ2) is 9.96. The van der Waals surface area contributed by atoms with Gasteiger partial charge in [0.2, 0.25) is 0 Å². The van der Waals surface area contributed by atoms with Gasteiger partial charge in [-0.1, -0.05) is 30.0 Å². The van der Waals surface area contributed by atoms with Gasteiger partial charge < -0.3 is 19.6 Å². The van der Waals surface area contributed by atoms with Crippen molar-refractivity contribution in [2.75, 3.05) is 57.5 Å². The predicted octanol–water partition coefficient (Wildman–Crippen LogP) is 1.90. The topological polar surface area (TPSA) is 88.5 Å². The first kappa shape index (κ1) is 24.4. The van der Waals surface area contributed by atoms with E-state index >= 15 is 0 Å². The third-order valence-corrected chi connectivity index (χ3v) is 7.73. The highest BCUT2D eigenvalue weighted by Crippen LogP contribution is 2.30. The average Bonchev–Trinajstić information content (AvgIpc) is 3.26. The van der Waals surface area contributed by atoms with E-state index < -0.39 is 12.2 Å². The van der Waals surface area contributed by atoms with Crippen molar-refractivity contribution >= 4 is 35.3 Å². The summed E-state index contributed by atoms with van der Waals surface area (Å²) in [7, 11) is 3.27. The molecule has 5 rings (SSSR count). The molecule has 0 saturated carbocycles. The number of nitrogens with zero attached hydrogens (tertiary/aromatic N) is 8. The largest absolute Gasteiger partial charge is 0.368 e. The lowest BCUT2D eigenvalue weighted by molar-refractivity contribution is -0.136. The van der Waals surface area contributed by atoms with Crippen LogP contribution < -0.4 is 4.90 Å². The Balaban J connectivity index is 1.34. The first-order chi connectivity index (χ1) is 17.3. The number of para-hydroxylation sites is 1. The van der Waals surface area contributed by atoms with E-state index in [-0.39, 0.29) is 11.9 Å². The van der Waals surface area contributed by atoms with Crippen LogP contribution in [0.3, 0.4) is 0 Å². The molecule has 2 aromatic rings. The van der Waals surface area contributed by atoms with Crippen LogP contribution >= 0.6 is 11.8 Å². The fourth-order valence-electron chi connectivity index (χ4n) is 5.05. The number of hydrogen-bond acceptors (Lipinski definition) is 9. The molecular formula is C25H32N8O2S. The number of amides is 3. The molecule has 0 bridgehead atoms. The van der Waals surface area contributed by atoms with Crippen molar-refractivity contribution in [1.82, 2.24) is 29.6 Å². The van der Waals surface area contributed by atoms with Crippen LogP contribution in [-0.4, -0.2) is 112 Å². The summed E-state index contributed by atoms with van der Waals surface area (Å²) in [4.78, 5) is 49.4. The Hall–Kier alpha value is -3.34. The van der Waals surface area contributed by atoms with E-state index in [1.165, 1.54) is 10.6 Å². The zero-order valence-corrected chi connectivity index (χ0v) is 22.0. The minimum atomic E-state index is -0.527. The van der Waals surface area contributed by atoms with Crippen molar-refractivity contribution in [3.63, 3.8) is 0 Å². The number of aryl methyl sites for hydroxylation is 2. The normalized spacial score (nSPS) is 22.3. The number of benzene rings is 1. The SMILES string of the molecule is Cc1cc(C)nc(SCCN2C(N3CCN(c4ccccc4)CC3)=NC3C2C(=O)N(C)C(=O)N3C)n1. The zero-order chi connectivity index (χ0) is 25.4. The number of hydrogen-bond donors (Lipinski definition) is 0. The van der Waals surface area contributed by atoms with E-state index in [1.54, 1.807) is 30.8 Å². The number of aromatic nitrogens is 2. The van der Waals surface area contributed by atoms with Gasteiger partial charge in [0, 0.05) is 69.6 Å². The molecule has 3 amide bonds. The number of anilines is 1. The molecule has 0 radical (unpaired) electrons. The molecule has 10 nitrogen and oxygen atoms in total. The van der Waals surface area contributed by atoms with Crippen LogP contribution in [0.25, 0.3) is 0 Å². The van der Waals surface area contributed by atoms with Gasteiger partial charge in [0.05, 0.1) is 0 Å². The van der Waals surface area contributed by atoms with Crippen molar-refractivity contribution in [2.45, 2.75) is 31.2 Å². The second-order valence-electron chi connectivity index (χ2n) is 9.36. The number of carbonyl (C=O) groups is 2. The molecule has 190 valence electrons. The Bertz CT molecular complexity index is 1150. The second-order valence-corrected chi connectivity index (χ2v) is 10.4. The summed E-state index contributed by atoms with van der Waals surface area (Å²) >= 11 is 1.57.